The Bertz CT molecular complexity index is 706. The van der Waals surface area contributed by atoms with E-state index in [1.54, 1.807) is 23.1 Å². The molecule has 2 aliphatic rings. The number of hydrogen-bond acceptors (Lipinski definition) is 5. The molecule has 1 unspecified atom stereocenters. The van der Waals surface area contributed by atoms with Crippen LogP contribution in [0, 0.1) is 5.92 Å². The Morgan fingerprint density at radius 3 is 2.64 bits per heavy atom. The molecule has 28 heavy (non-hydrogen) atoms. The molecule has 7 nitrogen and oxygen atoms in total. The molecule has 2 heterocycles. The van der Waals surface area contributed by atoms with E-state index in [0.29, 0.717) is 56.0 Å². The summed E-state index contributed by atoms with van der Waals surface area (Å²) in [4.78, 5) is 28.6. The van der Waals surface area contributed by atoms with Crippen molar-refractivity contribution in [2.45, 2.75) is 6.04 Å². The van der Waals surface area contributed by atoms with Gasteiger partial charge in [-0.1, -0.05) is 29.3 Å². The fourth-order valence-electron chi connectivity index (χ4n) is 3.52. The fourth-order valence-corrected chi connectivity index (χ4v) is 4.03. The normalized spacial score (nSPS) is 19.2. The van der Waals surface area contributed by atoms with Gasteiger partial charge in [0.15, 0.2) is 0 Å². The van der Waals surface area contributed by atoms with Crippen LogP contribution in [0.1, 0.15) is 11.6 Å². The SMILES string of the molecule is COCC(=O)N1CC(CNC(=O)C(c2ccc(Cl)cc2Cl)N2CCOCC2)C1. The fraction of sp³-hybridized carbons (Fsp3) is 0.579. The first-order valence-corrected chi connectivity index (χ1v) is 10.1. The number of benzene rings is 1. The summed E-state index contributed by atoms with van der Waals surface area (Å²) in [5, 5.41) is 4.04. The maximum absolute atomic E-state index is 13.1. The Morgan fingerprint density at radius 1 is 1.29 bits per heavy atom. The second kappa shape index (κ2) is 9.89. The van der Waals surface area contributed by atoms with E-state index >= 15 is 0 Å². The Kier molecular flexibility index (Phi) is 7.54. The molecule has 0 aliphatic carbocycles. The summed E-state index contributed by atoms with van der Waals surface area (Å²) in [6.07, 6.45) is 0. The molecular formula is C19H25Cl2N3O4. The van der Waals surface area contributed by atoms with Gasteiger partial charge in [0.25, 0.3) is 0 Å². The van der Waals surface area contributed by atoms with Gasteiger partial charge < -0.3 is 19.7 Å². The summed E-state index contributed by atoms with van der Waals surface area (Å²) < 4.78 is 10.3. The Labute approximate surface area is 174 Å². The van der Waals surface area contributed by atoms with E-state index in [0.717, 1.165) is 5.56 Å². The summed E-state index contributed by atoms with van der Waals surface area (Å²) in [6, 6.07) is 4.71. The van der Waals surface area contributed by atoms with Crippen molar-refractivity contribution in [2.24, 2.45) is 5.92 Å². The lowest BCUT2D eigenvalue weighted by atomic mass is 9.99. The van der Waals surface area contributed by atoms with Gasteiger partial charge >= 0.3 is 0 Å². The Morgan fingerprint density at radius 2 is 2.00 bits per heavy atom. The van der Waals surface area contributed by atoms with Gasteiger partial charge in [-0.2, -0.15) is 0 Å². The van der Waals surface area contributed by atoms with E-state index in [4.69, 9.17) is 32.7 Å². The van der Waals surface area contributed by atoms with Gasteiger partial charge in [-0.05, 0) is 17.7 Å². The summed E-state index contributed by atoms with van der Waals surface area (Å²) in [5.41, 5.74) is 0.732. The third-order valence-electron chi connectivity index (χ3n) is 5.06. The van der Waals surface area contributed by atoms with Crippen LogP contribution < -0.4 is 5.32 Å². The van der Waals surface area contributed by atoms with Gasteiger partial charge in [0.2, 0.25) is 11.8 Å². The first-order valence-electron chi connectivity index (χ1n) is 9.30. The number of amides is 2. The molecule has 1 aromatic rings. The molecule has 2 amide bonds. The highest BCUT2D eigenvalue weighted by Crippen LogP contribution is 2.31. The largest absolute Gasteiger partial charge is 0.379 e. The second-order valence-corrected chi connectivity index (χ2v) is 7.90. The summed E-state index contributed by atoms with van der Waals surface area (Å²) >= 11 is 12.4. The molecule has 1 N–H and O–H groups in total. The average molecular weight is 430 g/mol. The van der Waals surface area contributed by atoms with Crippen LogP contribution in [0.25, 0.3) is 0 Å². The van der Waals surface area contributed by atoms with Gasteiger partial charge in [0.05, 0.1) is 13.2 Å². The molecule has 3 rings (SSSR count). The number of hydrogen-bond donors (Lipinski definition) is 1. The predicted molar refractivity (Wildman–Crippen MR) is 107 cm³/mol. The molecule has 2 fully saturated rings. The van der Waals surface area contributed by atoms with Crippen molar-refractivity contribution in [1.82, 2.24) is 15.1 Å². The summed E-state index contributed by atoms with van der Waals surface area (Å²) in [5.74, 6) is 0.118. The lowest BCUT2D eigenvalue weighted by Gasteiger charge is -2.40. The van der Waals surface area contributed by atoms with Gasteiger partial charge in [-0.25, -0.2) is 0 Å². The zero-order chi connectivity index (χ0) is 20.1. The van der Waals surface area contributed by atoms with Crippen LogP contribution in [0.5, 0.6) is 0 Å². The van der Waals surface area contributed by atoms with Crippen LogP contribution in [-0.4, -0.2) is 81.3 Å². The van der Waals surface area contributed by atoms with Gasteiger partial charge in [0.1, 0.15) is 12.6 Å². The molecule has 0 spiro atoms. The minimum Gasteiger partial charge on any atom is -0.379 e. The number of morpholine rings is 1. The summed E-state index contributed by atoms with van der Waals surface area (Å²) in [7, 11) is 1.50. The highest BCUT2D eigenvalue weighted by Gasteiger charge is 2.34. The number of methoxy groups -OCH3 is 1. The molecule has 2 saturated heterocycles. The third-order valence-corrected chi connectivity index (χ3v) is 5.62. The molecule has 0 radical (unpaired) electrons. The highest BCUT2D eigenvalue weighted by molar-refractivity contribution is 6.35. The average Bonchev–Trinajstić information content (AvgIpc) is 2.63. The standard InChI is InChI=1S/C19H25Cl2N3O4/c1-27-12-17(25)24-10-13(11-24)9-22-19(26)18(23-4-6-28-7-5-23)15-3-2-14(20)8-16(15)21/h2-3,8,13,18H,4-7,9-12H2,1H3,(H,22,26). The number of carbonyl (C=O) groups excluding carboxylic acids is 2. The molecule has 1 atom stereocenters. The number of ether oxygens (including phenoxy) is 2. The van der Waals surface area contributed by atoms with Crippen LogP contribution in [0.2, 0.25) is 10.0 Å². The number of likely N-dealkylation sites (tertiary alicyclic amines) is 1. The smallest absolute Gasteiger partial charge is 0.248 e. The zero-order valence-corrected chi connectivity index (χ0v) is 17.3. The maximum atomic E-state index is 13.1. The van der Waals surface area contributed by atoms with Crippen molar-refractivity contribution in [1.29, 1.82) is 0 Å². The molecule has 0 saturated carbocycles. The van der Waals surface area contributed by atoms with Crippen molar-refractivity contribution in [3.63, 3.8) is 0 Å². The van der Waals surface area contributed by atoms with Crippen molar-refractivity contribution < 1.29 is 19.1 Å². The van der Waals surface area contributed by atoms with Crippen molar-refractivity contribution in [3.05, 3.63) is 33.8 Å². The van der Waals surface area contributed by atoms with E-state index in [1.165, 1.54) is 7.11 Å². The van der Waals surface area contributed by atoms with E-state index in [1.807, 2.05) is 0 Å². The number of nitrogens with one attached hydrogen (secondary N) is 1. The van der Waals surface area contributed by atoms with Gasteiger partial charge in [0, 0.05) is 55.8 Å². The van der Waals surface area contributed by atoms with Gasteiger partial charge in [-0.15, -0.1) is 0 Å². The quantitative estimate of drug-likeness (QED) is 0.712. The van der Waals surface area contributed by atoms with Crippen molar-refractivity contribution in [3.8, 4) is 0 Å². The van der Waals surface area contributed by atoms with Crippen molar-refractivity contribution in [2.75, 3.05) is 59.7 Å². The molecule has 2 aliphatic heterocycles. The third kappa shape index (κ3) is 5.15. The monoisotopic (exact) mass is 429 g/mol. The van der Waals surface area contributed by atoms with Crippen LogP contribution in [0.3, 0.4) is 0 Å². The second-order valence-electron chi connectivity index (χ2n) is 7.06. The molecule has 0 aromatic heterocycles. The van der Waals surface area contributed by atoms with E-state index in [9.17, 15) is 9.59 Å². The van der Waals surface area contributed by atoms with E-state index in [2.05, 4.69) is 10.2 Å². The number of carbonyl (C=O) groups is 2. The Balaban J connectivity index is 1.62. The zero-order valence-electron chi connectivity index (χ0n) is 15.8. The van der Waals surface area contributed by atoms with Crippen LogP contribution in [-0.2, 0) is 19.1 Å². The summed E-state index contributed by atoms with van der Waals surface area (Å²) in [6.45, 7) is 4.33. The number of halogens is 2. The minimum atomic E-state index is -0.500. The highest BCUT2D eigenvalue weighted by atomic mass is 35.5. The number of rotatable bonds is 7. The number of nitrogens with zero attached hydrogens (tertiary/aromatic N) is 2. The van der Waals surface area contributed by atoms with E-state index in [-0.39, 0.29) is 24.3 Å². The maximum Gasteiger partial charge on any atom is 0.248 e. The van der Waals surface area contributed by atoms with Crippen LogP contribution in [0.4, 0.5) is 0 Å². The molecular weight excluding hydrogens is 405 g/mol. The minimum absolute atomic E-state index is 0.0239. The first kappa shape index (κ1) is 21.3. The first-order chi connectivity index (χ1) is 13.5. The van der Waals surface area contributed by atoms with Crippen LogP contribution >= 0.6 is 23.2 Å². The topological polar surface area (TPSA) is 71.1 Å². The molecule has 154 valence electrons. The van der Waals surface area contributed by atoms with E-state index < -0.39 is 6.04 Å². The lowest BCUT2D eigenvalue weighted by molar-refractivity contribution is -0.141. The van der Waals surface area contributed by atoms with Crippen molar-refractivity contribution >= 4 is 35.0 Å². The predicted octanol–water partition coefficient (Wildman–Crippen LogP) is 1.59. The molecule has 9 heteroatoms. The lowest BCUT2D eigenvalue weighted by Crippen LogP contribution is -2.55. The Hall–Kier alpha value is -1.38. The molecule has 1 aromatic carbocycles. The van der Waals surface area contributed by atoms with Crippen LogP contribution in [0.15, 0.2) is 18.2 Å². The molecule has 0 bridgehead atoms. The van der Waals surface area contributed by atoms with Gasteiger partial charge in [-0.3, -0.25) is 14.5 Å².